The van der Waals surface area contributed by atoms with Gasteiger partial charge in [-0.1, -0.05) is 0 Å². The molecule has 0 aromatic carbocycles. The van der Waals surface area contributed by atoms with Crippen LogP contribution in [0.3, 0.4) is 0 Å². The van der Waals surface area contributed by atoms with Gasteiger partial charge in [0.15, 0.2) is 9.84 Å². The van der Waals surface area contributed by atoms with E-state index in [1.807, 2.05) is 11.8 Å². The van der Waals surface area contributed by atoms with Gasteiger partial charge in [0.1, 0.15) is 0 Å². The molecule has 5 heteroatoms. The Hall–Kier alpha value is 0.260. The monoisotopic (exact) mass is 249 g/mol. The molecule has 88 valence electrons. The second-order valence-corrected chi connectivity index (χ2v) is 8.22. The molecule has 1 saturated carbocycles. The van der Waals surface area contributed by atoms with E-state index in [4.69, 9.17) is 0 Å². The fourth-order valence-electron chi connectivity index (χ4n) is 2.11. The number of hydrogen-bond donors (Lipinski definition) is 1. The topological polar surface area (TPSA) is 46.2 Å². The fraction of sp³-hybridized carbons (Fsp3) is 1.00. The number of thioether (sulfide) groups is 1. The van der Waals surface area contributed by atoms with Crippen LogP contribution in [0.15, 0.2) is 0 Å². The molecule has 1 heterocycles. The van der Waals surface area contributed by atoms with Gasteiger partial charge in [0.2, 0.25) is 0 Å². The smallest absolute Gasteiger partial charge is 0.151 e. The normalized spacial score (nSPS) is 32.5. The molecule has 0 aromatic heterocycles. The Balaban J connectivity index is 1.80. The van der Waals surface area contributed by atoms with Crippen LogP contribution in [0.25, 0.3) is 0 Å². The van der Waals surface area contributed by atoms with Crippen molar-refractivity contribution < 1.29 is 8.42 Å². The summed E-state index contributed by atoms with van der Waals surface area (Å²) in [6.45, 7) is 0.981. The van der Waals surface area contributed by atoms with E-state index >= 15 is 0 Å². The summed E-state index contributed by atoms with van der Waals surface area (Å²) in [6, 6.07) is 0.202. The molecule has 1 N–H and O–H groups in total. The molecule has 0 aromatic rings. The highest BCUT2D eigenvalue weighted by molar-refractivity contribution is 8.00. The van der Waals surface area contributed by atoms with Crippen molar-refractivity contribution >= 4 is 21.6 Å². The molecule has 1 atom stereocenters. The highest BCUT2D eigenvalue weighted by Gasteiger charge is 2.42. The van der Waals surface area contributed by atoms with Crippen LogP contribution in [0.4, 0.5) is 0 Å². The molecular weight excluding hydrogens is 230 g/mol. The Labute approximate surface area is 96.3 Å². The van der Waals surface area contributed by atoms with Gasteiger partial charge in [0, 0.05) is 17.3 Å². The summed E-state index contributed by atoms with van der Waals surface area (Å²) in [5.41, 5.74) is 0. The molecule has 2 fully saturated rings. The van der Waals surface area contributed by atoms with Crippen molar-refractivity contribution in [3.8, 4) is 0 Å². The summed E-state index contributed by atoms with van der Waals surface area (Å²) in [5.74, 6) is 0.732. The van der Waals surface area contributed by atoms with Gasteiger partial charge in [-0.2, -0.15) is 11.8 Å². The maximum Gasteiger partial charge on any atom is 0.151 e. The van der Waals surface area contributed by atoms with E-state index in [0.29, 0.717) is 16.3 Å². The number of sulfone groups is 1. The minimum atomic E-state index is -2.76. The van der Waals surface area contributed by atoms with Gasteiger partial charge in [-0.15, -0.1) is 0 Å². The van der Waals surface area contributed by atoms with Gasteiger partial charge < -0.3 is 5.32 Å². The minimum absolute atomic E-state index is 0.202. The molecule has 3 nitrogen and oxygen atoms in total. The van der Waals surface area contributed by atoms with Crippen molar-refractivity contribution in [2.75, 3.05) is 24.3 Å². The van der Waals surface area contributed by atoms with Crippen molar-refractivity contribution in [1.82, 2.24) is 5.32 Å². The molecule has 0 radical (unpaired) electrons. The van der Waals surface area contributed by atoms with E-state index in [0.717, 1.165) is 19.4 Å². The van der Waals surface area contributed by atoms with Crippen LogP contribution in [-0.2, 0) is 9.84 Å². The molecule has 0 amide bonds. The quantitative estimate of drug-likeness (QED) is 0.809. The molecular formula is C10H19NO2S2. The summed E-state index contributed by atoms with van der Waals surface area (Å²) in [7, 11) is -2.76. The Morgan fingerprint density at radius 1 is 1.47 bits per heavy atom. The fourth-order valence-corrected chi connectivity index (χ4v) is 4.52. The van der Waals surface area contributed by atoms with Gasteiger partial charge in [0.25, 0.3) is 0 Å². The SMILES string of the molecule is CSC1(CNC2CCCS(=O)(=O)C2)CC1. The van der Waals surface area contributed by atoms with Crippen LogP contribution < -0.4 is 5.32 Å². The van der Waals surface area contributed by atoms with E-state index in [2.05, 4.69) is 11.6 Å². The van der Waals surface area contributed by atoms with Crippen LogP contribution >= 0.6 is 11.8 Å². The zero-order valence-electron chi connectivity index (χ0n) is 9.16. The predicted octanol–water partition coefficient (Wildman–Crippen LogP) is 1.05. The van der Waals surface area contributed by atoms with E-state index in [1.54, 1.807) is 0 Å². The van der Waals surface area contributed by atoms with Crippen molar-refractivity contribution in [1.29, 1.82) is 0 Å². The zero-order valence-corrected chi connectivity index (χ0v) is 10.8. The Kier molecular flexibility index (Phi) is 3.33. The first-order valence-corrected chi connectivity index (χ1v) is 8.59. The molecule has 1 aliphatic carbocycles. The van der Waals surface area contributed by atoms with Crippen molar-refractivity contribution in [3.05, 3.63) is 0 Å². The lowest BCUT2D eigenvalue weighted by Gasteiger charge is -2.25. The molecule has 2 aliphatic rings. The molecule has 1 aliphatic heterocycles. The first-order valence-electron chi connectivity index (χ1n) is 5.54. The van der Waals surface area contributed by atoms with Crippen LogP contribution in [0, 0.1) is 0 Å². The summed E-state index contributed by atoms with van der Waals surface area (Å²) in [4.78, 5) is 0. The molecule has 0 spiro atoms. The summed E-state index contributed by atoms with van der Waals surface area (Å²) < 4.78 is 23.3. The highest BCUT2D eigenvalue weighted by Crippen LogP contribution is 2.46. The lowest BCUT2D eigenvalue weighted by atomic mass is 10.2. The van der Waals surface area contributed by atoms with E-state index in [9.17, 15) is 8.42 Å². The second kappa shape index (κ2) is 4.26. The molecule has 1 unspecified atom stereocenters. The van der Waals surface area contributed by atoms with Crippen LogP contribution in [0.2, 0.25) is 0 Å². The Morgan fingerprint density at radius 2 is 2.20 bits per heavy atom. The summed E-state index contributed by atoms with van der Waals surface area (Å²) in [5, 5.41) is 3.43. The van der Waals surface area contributed by atoms with E-state index in [1.165, 1.54) is 12.8 Å². The second-order valence-electron chi connectivity index (χ2n) is 4.72. The van der Waals surface area contributed by atoms with Crippen molar-refractivity contribution in [3.63, 3.8) is 0 Å². The first-order chi connectivity index (χ1) is 7.05. The maximum atomic E-state index is 11.4. The van der Waals surface area contributed by atoms with Crippen LogP contribution in [-0.4, -0.2) is 43.5 Å². The van der Waals surface area contributed by atoms with Crippen molar-refractivity contribution in [2.45, 2.75) is 36.5 Å². The minimum Gasteiger partial charge on any atom is -0.312 e. The van der Waals surface area contributed by atoms with Gasteiger partial charge in [-0.3, -0.25) is 0 Å². The third kappa shape index (κ3) is 3.11. The van der Waals surface area contributed by atoms with Gasteiger partial charge >= 0.3 is 0 Å². The van der Waals surface area contributed by atoms with Gasteiger partial charge in [0.05, 0.1) is 11.5 Å². The number of nitrogens with one attached hydrogen (secondary N) is 1. The third-order valence-corrected chi connectivity index (χ3v) is 6.66. The zero-order chi connectivity index (χ0) is 10.9. The molecule has 1 saturated heterocycles. The standard InChI is InChI=1S/C10H19NO2S2/c1-14-10(4-5-10)8-11-9-3-2-6-15(12,13)7-9/h9,11H,2-8H2,1H3. The molecule has 0 bridgehead atoms. The summed E-state index contributed by atoms with van der Waals surface area (Å²) in [6.07, 6.45) is 6.55. The third-order valence-electron chi connectivity index (χ3n) is 3.42. The predicted molar refractivity (Wildman–Crippen MR) is 65.2 cm³/mol. The number of rotatable bonds is 4. The lowest BCUT2D eigenvalue weighted by molar-refractivity contribution is 0.478. The summed E-state index contributed by atoms with van der Waals surface area (Å²) >= 11 is 1.91. The van der Waals surface area contributed by atoms with E-state index in [-0.39, 0.29) is 6.04 Å². The first kappa shape index (κ1) is 11.7. The molecule has 15 heavy (non-hydrogen) atoms. The van der Waals surface area contributed by atoms with E-state index < -0.39 is 9.84 Å². The largest absolute Gasteiger partial charge is 0.312 e. The molecule has 2 rings (SSSR count). The van der Waals surface area contributed by atoms with Crippen molar-refractivity contribution in [2.24, 2.45) is 0 Å². The maximum absolute atomic E-state index is 11.4. The Morgan fingerprint density at radius 3 is 2.73 bits per heavy atom. The average molecular weight is 249 g/mol. The van der Waals surface area contributed by atoms with Crippen LogP contribution in [0.5, 0.6) is 0 Å². The highest BCUT2D eigenvalue weighted by atomic mass is 32.2. The van der Waals surface area contributed by atoms with Crippen LogP contribution in [0.1, 0.15) is 25.7 Å². The van der Waals surface area contributed by atoms with Gasteiger partial charge in [-0.05, 0) is 31.9 Å². The average Bonchev–Trinajstić information content (AvgIpc) is 2.94. The van der Waals surface area contributed by atoms with Gasteiger partial charge in [-0.25, -0.2) is 8.42 Å². The number of hydrogen-bond acceptors (Lipinski definition) is 4. The lowest BCUT2D eigenvalue weighted by Crippen LogP contribution is -2.43. The Bertz CT molecular complexity index is 322.